The Bertz CT molecular complexity index is 431. The van der Waals surface area contributed by atoms with Gasteiger partial charge in [-0.15, -0.1) is 0 Å². The number of ether oxygens (including phenoxy) is 1. The molecule has 0 bridgehead atoms. The zero-order chi connectivity index (χ0) is 15.2. The van der Waals surface area contributed by atoms with Gasteiger partial charge in [0, 0.05) is 18.5 Å². The molecule has 0 aliphatic carbocycles. The Morgan fingerprint density at radius 1 is 1.25 bits per heavy atom. The molecule has 1 unspecified atom stereocenters. The van der Waals surface area contributed by atoms with E-state index in [1.165, 1.54) is 12.1 Å². The molecule has 20 heavy (non-hydrogen) atoms. The Labute approximate surface area is 118 Å². The molecule has 1 aromatic rings. The van der Waals surface area contributed by atoms with E-state index in [9.17, 15) is 13.6 Å². The second-order valence-electron chi connectivity index (χ2n) is 4.81. The van der Waals surface area contributed by atoms with E-state index >= 15 is 0 Å². The summed E-state index contributed by atoms with van der Waals surface area (Å²) in [5, 5.41) is 0. The Hall–Kier alpha value is -1.49. The van der Waals surface area contributed by atoms with Crippen LogP contribution in [0.25, 0.3) is 0 Å². The van der Waals surface area contributed by atoms with Gasteiger partial charge in [0.25, 0.3) is 5.92 Å². The van der Waals surface area contributed by atoms with E-state index in [1.54, 1.807) is 32.0 Å². The minimum Gasteiger partial charge on any atom is -0.466 e. The molecule has 0 spiro atoms. The largest absolute Gasteiger partial charge is 0.466 e. The van der Waals surface area contributed by atoms with E-state index < -0.39 is 23.7 Å². The summed E-state index contributed by atoms with van der Waals surface area (Å²) < 4.78 is 33.6. The molecule has 0 aromatic heterocycles. The first-order valence-electron chi connectivity index (χ1n) is 6.72. The third-order valence-electron chi connectivity index (χ3n) is 3.53. The molecule has 1 rings (SSSR count). The molecule has 0 saturated carbocycles. The quantitative estimate of drug-likeness (QED) is 0.783. The minimum atomic E-state index is -3.12. The van der Waals surface area contributed by atoms with Crippen LogP contribution in [0.2, 0.25) is 0 Å². The average Bonchev–Trinajstić information content (AvgIpc) is 2.46. The highest BCUT2D eigenvalue weighted by molar-refractivity contribution is 5.77. The highest BCUT2D eigenvalue weighted by Crippen LogP contribution is 2.42. The molecule has 0 heterocycles. The van der Waals surface area contributed by atoms with Crippen molar-refractivity contribution in [1.29, 1.82) is 0 Å². The molecule has 0 amide bonds. The Balaban J connectivity index is 3.03. The van der Waals surface area contributed by atoms with E-state index in [-0.39, 0.29) is 25.1 Å². The summed E-state index contributed by atoms with van der Waals surface area (Å²) in [6, 6.07) is 7.46. The Morgan fingerprint density at radius 2 is 1.85 bits per heavy atom. The second-order valence-corrected chi connectivity index (χ2v) is 4.81. The van der Waals surface area contributed by atoms with Gasteiger partial charge >= 0.3 is 5.97 Å². The van der Waals surface area contributed by atoms with Crippen LogP contribution in [0.15, 0.2) is 30.3 Å². The summed E-state index contributed by atoms with van der Waals surface area (Å²) in [6.45, 7) is 3.30. The van der Waals surface area contributed by atoms with Crippen molar-refractivity contribution in [3.05, 3.63) is 35.9 Å². The van der Waals surface area contributed by atoms with Gasteiger partial charge in [-0.1, -0.05) is 37.3 Å². The van der Waals surface area contributed by atoms with Crippen molar-refractivity contribution >= 4 is 5.97 Å². The lowest BCUT2D eigenvalue weighted by molar-refractivity contribution is -0.162. The second kappa shape index (κ2) is 6.79. The molecule has 1 atom stereocenters. The normalized spacial score (nSPS) is 14.7. The minimum absolute atomic E-state index is 0.115. The maximum Gasteiger partial charge on any atom is 0.313 e. The predicted octanol–water partition coefficient (Wildman–Crippen LogP) is 3.09. The molecule has 0 aliphatic heterocycles. The van der Waals surface area contributed by atoms with Crippen molar-refractivity contribution in [3.63, 3.8) is 0 Å². The van der Waals surface area contributed by atoms with Crippen molar-refractivity contribution in [2.75, 3.05) is 13.2 Å². The first-order chi connectivity index (χ1) is 9.41. The summed E-state index contributed by atoms with van der Waals surface area (Å²) in [7, 11) is 0. The highest BCUT2D eigenvalue weighted by atomic mass is 19.3. The summed E-state index contributed by atoms with van der Waals surface area (Å²) in [6.07, 6.45) is -0.430. The smallest absolute Gasteiger partial charge is 0.313 e. The molecule has 1 aromatic carbocycles. The third kappa shape index (κ3) is 3.54. The molecular weight excluding hydrogens is 264 g/mol. The molecule has 0 radical (unpaired) electrons. The molecule has 2 N–H and O–H groups in total. The monoisotopic (exact) mass is 285 g/mol. The Kier molecular flexibility index (Phi) is 5.62. The van der Waals surface area contributed by atoms with Crippen LogP contribution in [0.5, 0.6) is 0 Å². The maximum atomic E-state index is 14.4. The van der Waals surface area contributed by atoms with Crippen LogP contribution in [0, 0.1) is 5.41 Å². The fourth-order valence-electron chi connectivity index (χ4n) is 2.13. The summed E-state index contributed by atoms with van der Waals surface area (Å²) in [4.78, 5) is 12.0. The van der Waals surface area contributed by atoms with Gasteiger partial charge < -0.3 is 10.5 Å². The number of alkyl halides is 2. The molecular formula is C15H21F2NO2. The first kappa shape index (κ1) is 16.6. The van der Waals surface area contributed by atoms with Crippen molar-refractivity contribution in [2.45, 2.75) is 32.6 Å². The molecule has 0 fully saturated rings. The SMILES string of the molecule is CCOC(=O)C(CC)(CN)CC(F)(F)c1ccccc1. The summed E-state index contributed by atoms with van der Waals surface area (Å²) in [5.41, 5.74) is 4.13. The molecule has 112 valence electrons. The van der Waals surface area contributed by atoms with Crippen LogP contribution < -0.4 is 5.73 Å². The zero-order valence-electron chi connectivity index (χ0n) is 11.9. The van der Waals surface area contributed by atoms with Gasteiger partial charge in [0.05, 0.1) is 12.0 Å². The average molecular weight is 285 g/mol. The number of carbonyl (C=O) groups excluding carboxylic acids is 1. The molecule has 5 heteroatoms. The molecule has 0 aliphatic rings. The van der Waals surface area contributed by atoms with Gasteiger partial charge in [-0.25, -0.2) is 8.78 Å². The van der Waals surface area contributed by atoms with Crippen LogP contribution in [0.1, 0.15) is 32.3 Å². The third-order valence-corrected chi connectivity index (χ3v) is 3.53. The number of hydrogen-bond donors (Lipinski definition) is 1. The molecule has 3 nitrogen and oxygen atoms in total. The van der Waals surface area contributed by atoms with Gasteiger partial charge in [-0.3, -0.25) is 4.79 Å². The van der Waals surface area contributed by atoms with Crippen LogP contribution in [-0.2, 0) is 15.5 Å². The number of nitrogens with two attached hydrogens (primary N) is 1. The lowest BCUT2D eigenvalue weighted by atomic mass is 9.78. The number of hydrogen-bond acceptors (Lipinski definition) is 3. The van der Waals surface area contributed by atoms with Gasteiger partial charge in [0.15, 0.2) is 0 Å². The standard InChI is InChI=1S/C15H21F2NO2/c1-3-14(11-18,13(19)20-4-2)10-15(16,17)12-8-6-5-7-9-12/h5-9H,3-4,10-11,18H2,1-2H3. The van der Waals surface area contributed by atoms with Crippen LogP contribution in [0.3, 0.4) is 0 Å². The van der Waals surface area contributed by atoms with Crippen molar-refractivity contribution in [3.8, 4) is 0 Å². The van der Waals surface area contributed by atoms with Gasteiger partial charge in [0.1, 0.15) is 0 Å². The van der Waals surface area contributed by atoms with E-state index in [4.69, 9.17) is 10.5 Å². The van der Waals surface area contributed by atoms with Crippen LogP contribution in [-0.4, -0.2) is 19.1 Å². The topological polar surface area (TPSA) is 52.3 Å². The fraction of sp³-hybridized carbons (Fsp3) is 0.533. The van der Waals surface area contributed by atoms with Crippen molar-refractivity contribution in [1.82, 2.24) is 0 Å². The first-order valence-corrected chi connectivity index (χ1v) is 6.72. The van der Waals surface area contributed by atoms with Crippen LogP contribution >= 0.6 is 0 Å². The van der Waals surface area contributed by atoms with Crippen LogP contribution in [0.4, 0.5) is 8.78 Å². The van der Waals surface area contributed by atoms with Gasteiger partial charge in [-0.2, -0.15) is 0 Å². The maximum absolute atomic E-state index is 14.4. The van der Waals surface area contributed by atoms with E-state index in [0.29, 0.717) is 0 Å². The lowest BCUT2D eigenvalue weighted by Crippen LogP contribution is -2.43. The van der Waals surface area contributed by atoms with E-state index in [1.807, 2.05) is 0 Å². The number of halogens is 2. The number of carbonyl (C=O) groups is 1. The number of esters is 1. The van der Waals surface area contributed by atoms with Crippen molar-refractivity contribution in [2.24, 2.45) is 11.1 Å². The highest BCUT2D eigenvalue weighted by Gasteiger charge is 2.47. The number of benzene rings is 1. The number of rotatable bonds is 7. The summed E-state index contributed by atoms with van der Waals surface area (Å²) in [5.74, 6) is -3.77. The van der Waals surface area contributed by atoms with Crippen molar-refractivity contribution < 1.29 is 18.3 Å². The van der Waals surface area contributed by atoms with Gasteiger partial charge in [0.2, 0.25) is 0 Å². The predicted molar refractivity (Wildman–Crippen MR) is 73.4 cm³/mol. The zero-order valence-corrected chi connectivity index (χ0v) is 11.9. The summed E-state index contributed by atoms with van der Waals surface area (Å²) >= 11 is 0. The van der Waals surface area contributed by atoms with E-state index in [2.05, 4.69) is 0 Å². The molecule has 0 saturated heterocycles. The van der Waals surface area contributed by atoms with E-state index in [0.717, 1.165) is 0 Å². The fourth-order valence-corrected chi connectivity index (χ4v) is 2.13. The Morgan fingerprint density at radius 3 is 2.30 bits per heavy atom. The lowest BCUT2D eigenvalue weighted by Gasteiger charge is -2.32. The van der Waals surface area contributed by atoms with Gasteiger partial charge in [-0.05, 0) is 13.3 Å².